The van der Waals surface area contributed by atoms with E-state index in [2.05, 4.69) is 31.3 Å². The second-order valence-corrected chi connectivity index (χ2v) is 6.87. The summed E-state index contributed by atoms with van der Waals surface area (Å²) in [6, 6.07) is 12.7. The molecule has 1 atom stereocenters. The molecule has 6 nitrogen and oxygen atoms in total. The fourth-order valence-electron chi connectivity index (χ4n) is 2.36. The van der Waals surface area contributed by atoms with Crippen LogP contribution in [0.1, 0.15) is 18.5 Å². The van der Waals surface area contributed by atoms with Crippen LogP contribution < -0.4 is 10.1 Å². The van der Waals surface area contributed by atoms with Crippen LogP contribution in [0.3, 0.4) is 0 Å². The molecule has 0 aliphatic heterocycles. The molecule has 1 N–H and O–H groups in total. The van der Waals surface area contributed by atoms with Gasteiger partial charge in [0.1, 0.15) is 18.4 Å². The lowest BCUT2D eigenvalue weighted by Crippen LogP contribution is -2.31. The molecule has 3 aromatic rings. The highest BCUT2D eigenvalue weighted by Gasteiger charge is 2.11. The van der Waals surface area contributed by atoms with Crippen molar-refractivity contribution in [2.24, 2.45) is 0 Å². The van der Waals surface area contributed by atoms with Gasteiger partial charge in [0.25, 0.3) is 5.91 Å². The van der Waals surface area contributed by atoms with Gasteiger partial charge in [0.2, 0.25) is 0 Å². The monoisotopic (exact) mass is 434 g/mol. The van der Waals surface area contributed by atoms with Gasteiger partial charge in [0.05, 0.1) is 16.2 Å². The van der Waals surface area contributed by atoms with Crippen molar-refractivity contribution in [3.05, 3.63) is 70.2 Å². The van der Waals surface area contributed by atoms with E-state index in [4.69, 9.17) is 16.3 Å². The molecule has 26 heavy (non-hydrogen) atoms. The molecule has 0 radical (unpaired) electrons. The molecule has 0 aliphatic carbocycles. The number of ether oxygens (including phenoxy) is 1. The SMILES string of the molecule is C[C@@H](NC(=O)COc1ccc(Cl)cc1Br)c1ccc(-n2cncn2)cc1. The summed E-state index contributed by atoms with van der Waals surface area (Å²) in [4.78, 5) is 16.1. The average molecular weight is 436 g/mol. The fourth-order valence-corrected chi connectivity index (χ4v) is 3.16. The molecule has 2 aromatic carbocycles. The minimum Gasteiger partial charge on any atom is -0.483 e. The van der Waals surface area contributed by atoms with Crippen LogP contribution in [0.25, 0.3) is 5.69 Å². The number of carbonyl (C=O) groups excluding carboxylic acids is 1. The summed E-state index contributed by atoms with van der Waals surface area (Å²) < 4.78 is 7.90. The highest BCUT2D eigenvalue weighted by molar-refractivity contribution is 9.10. The lowest BCUT2D eigenvalue weighted by Gasteiger charge is -2.15. The Labute approximate surface area is 164 Å². The molecule has 1 amide bonds. The van der Waals surface area contributed by atoms with Gasteiger partial charge in [-0.25, -0.2) is 9.67 Å². The second kappa shape index (κ2) is 8.33. The van der Waals surface area contributed by atoms with Crippen LogP contribution in [0.5, 0.6) is 5.75 Å². The van der Waals surface area contributed by atoms with Crippen molar-refractivity contribution >= 4 is 33.4 Å². The van der Waals surface area contributed by atoms with Gasteiger partial charge in [-0.05, 0) is 58.7 Å². The molecule has 8 heteroatoms. The average Bonchev–Trinajstić information content (AvgIpc) is 3.16. The zero-order chi connectivity index (χ0) is 18.5. The Morgan fingerprint density at radius 3 is 2.73 bits per heavy atom. The van der Waals surface area contributed by atoms with E-state index in [1.165, 1.54) is 6.33 Å². The van der Waals surface area contributed by atoms with Crippen LogP contribution in [0.4, 0.5) is 0 Å². The number of benzene rings is 2. The van der Waals surface area contributed by atoms with Crippen LogP contribution >= 0.6 is 27.5 Å². The lowest BCUT2D eigenvalue weighted by atomic mass is 10.1. The first-order valence-corrected chi connectivity index (χ1v) is 9.02. The number of rotatable bonds is 6. The predicted octanol–water partition coefficient (Wildman–Crippen LogP) is 3.94. The van der Waals surface area contributed by atoms with Crippen LogP contribution in [-0.4, -0.2) is 27.3 Å². The maximum Gasteiger partial charge on any atom is 0.258 e. The topological polar surface area (TPSA) is 69.0 Å². The summed E-state index contributed by atoms with van der Waals surface area (Å²) in [5, 5.41) is 7.59. The predicted molar refractivity (Wildman–Crippen MR) is 103 cm³/mol. The Morgan fingerprint density at radius 2 is 2.08 bits per heavy atom. The summed E-state index contributed by atoms with van der Waals surface area (Å²) in [7, 11) is 0. The number of carbonyl (C=O) groups is 1. The van der Waals surface area contributed by atoms with Crippen molar-refractivity contribution in [2.75, 3.05) is 6.61 Å². The third-order valence-electron chi connectivity index (χ3n) is 3.71. The molecule has 0 aliphatic rings. The Kier molecular flexibility index (Phi) is 5.90. The smallest absolute Gasteiger partial charge is 0.258 e. The maximum absolute atomic E-state index is 12.1. The molecule has 0 bridgehead atoms. The van der Waals surface area contributed by atoms with Gasteiger partial charge in [0, 0.05) is 5.02 Å². The summed E-state index contributed by atoms with van der Waals surface area (Å²) in [5.74, 6) is 0.356. The van der Waals surface area contributed by atoms with Crippen molar-refractivity contribution in [3.63, 3.8) is 0 Å². The minimum atomic E-state index is -0.209. The van der Waals surface area contributed by atoms with E-state index in [1.807, 2.05) is 31.2 Å². The highest BCUT2D eigenvalue weighted by Crippen LogP contribution is 2.27. The highest BCUT2D eigenvalue weighted by atomic mass is 79.9. The van der Waals surface area contributed by atoms with Crippen molar-refractivity contribution in [2.45, 2.75) is 13.0 Å². The molecule has 1 aromatic heterocycles. The molecule has 1 heterocycles. The largest absolute Gasteiger partial charge is 0.483 e. The molecular weight excluding hydrogens is 420 g/mol. The van der Waals surface area contributed by atoms with Crippen molar-refractivity contribution < 1.29 is 9.53 Å². The van der Waals surface area contributed by atoms with Crippen molar-refractivity contribution in [3.8, 4) is 11.4 Å². The normalized spacial score (nSPS) is 11.8. The molecular formula is C18H16BrClN4O2. The number of halogens is 2. The summed E-state index contributed by atoms with van der Waals surface area (Å²) in [6.45, 7) is 1.84. The van der Waals surface area contributed by atoms with Gasteiger partial charge in [-0.2, -0.15) is 5.10 Å². The zero-order valence-corrected chi connectivity index (χ0v) is 16.2. The Morgan fingerprint density at radius 1 is 1.31 bits per heavy atom. The van der Waals surface area contributed by atoms with Crippen LogP contribution in [0.2, 0.25) is 5.02 Å². The number of hydrogen-bond acceptors (Lipinski definition) is 4. The van der Waals surface area contributed by atoms with Gasteiger partial charge in [-0.3, -0.25) is 4.79 Å². The number of amides is 1. The van der Waals surface area contributed by atoms with E-state index < -0.39 is 0 Å². The third kappa shape index (κ3) is 4.62. The first kappa shape index (κ1) is 18.4. The van der Waals surface area contributed by atoms with Crippen LogP contribution in [0, 0.1) is 0 Å². The molecule has 0 saturated heterocycles. The Balaban J connectivity index is 1.55. The Hall–Kier alpha value is -2.38. The lowest BCUT2D eigenvalue weighted by molar-refractivity contribution is -0.123. The first-order chi connectivity index (χ1) is 12.5. The molecule has 3 rings (SSSR count). The van der Waals surface area contributed by atoms with Gasteiger partial charge >= 0.3 is 0 Å². The molecule has 134 valence electrons. The quantitative estimate of drug-likeness (QED) is 0.637. The zero-order valence-electron chi connectivity index (χ0n) is 13.9. The molecule has 0 saturated carbocycles. The van der Waals surface area contributed by atoms with Crippen molar-refractivity contribution in [1.82, 2.24) is 20.1 Å². The van der Waals surface area contributed by atoms with Gasteiger partial charge in [0.15, 0.2) is 6.61 Å². The van der Waals surface area contributed by atoms with E-state index in [0.29, 0.717) is 15.2 Å². The first-order valence-electron chi connectivity index (χ1n) is 7.85. The number of nitrogens with one attached hydrogen (secondary N) is 1. The number of hydrogen-bond donors (Lipinski definition) is 1. The maximum atomic E-state index is 12.1. The number of aromatic nitrogens is 3. The standard InChI is InChI=1S/C18H16BrClN4O2/c1-12(13-2-5-15(6-3-13)24-11-21-10-22-24)23-18(25)9-26-17-7-4-14(20)8-16(17)19/h2-8,10-12H,9H2,1H3,(H,23,25)/t12-/m1/s1. The summed E-state index contributed by atoms with van der Waals surface area (Å²) >= 11 is 9.24. The van der Waals surface area contributed by atoms with Gasteiger partial charge < -0.3 is 10.1 Å². The van der Waals surface area contributed by atoms with Crippen LogP contribution in [0.15, 0.2) is 59.6 Å². The minimum absolute atomic E-state index is 0.0817. The van der Waals surface area contributed by atoms with E-state index in [1.54, 1.807) is 29.2 Å². The van der Waals surface area contributed by atoms with Crippen LogP contribution in [-0.2, 0) is 4.79 Å². The fraction of sp³-hybridized carbons (Fsp3) is 0.167. The Bertz CT molecular complexity index is 885. The van der Waals surface area contributed by atoms with E-state index >= 15 is 0 Å². The second-order valence-electron chi connectivity index (χ2n) is 5.58. The molecule has 0 fully saturated rings. The van der Waals surface area contributed by atoms with Gasteiger partial charge in [-0.15, -0.1) is 0 Å². The summed E-state index contributed by atoms with van der Waals surface area (Å²) in [5.41, 5.74) is 1.88. The van der Waals surface area contributed by atoms with Crippen molar-refractivity contribution in [1.29, 1.82) is 0 Å². The van der Waals surface area contributed by atoms with E-state index in [0.717, 1.165) is 11.3 Å². The van der Waals surface area contributed by atoms with Gasteiger partial charge in [-0.1, -0.05) is 23.7 Å². The molecule has 0 unspecified atom stereocenters. The molecule has 0 spiro atoms. The summed E-state index contributed by atoms with van der Waals surface area (Å²) in [6.07, 6.45) is 3.11. The third-order valence-corrected chi connectivity index (χ3v) is 4.56. The van der Waals surface area contributed by atoms with E-state index in [9.17, 15) is 4.79 Å². The van der Waals surface area contributed by atoms with E-state index in [-0.39, 0.29) is 18.6 Å². The number of nitrogens with zero attached hydrogens (tertiary/aromatic N) is 3.